The summed E-state index contributed by atoms with van der Waals surface area (Å²) in [4.78, 5) is 25.8. The molecule has 0 atom stereocenters. The normalized spacial score (nSPS) is 14.3. The molecule has 230 valence electrons. The van der Waals surface area contributed by atoms with E-state index in [1.807, 2.05) is 36.4 Å². The number of hydrogen-bond donors (Lipinski definition) is 4. The molecule has 2 aliphatic rings. The number of nitrogens with zero attached hydrogens (tertiary/aromatic N) is 3. The lowest BCUT2D eigenvalue weighted by atomic mass is 9.89. The van der Waals surface area contributed by atoms with Crippen LogP contribution < -0.4 is 30.7 Å². The van der Waals surface area contributed by atoms with Crippen molar-refractivity contribution in [2.75, 3.05) is 68.8 Å². The molecule has 0 radical (unpaired) electrons. The van der Waals surface area contributed by atoms with E-state index in [0.717, 1.165) is 23.6 Å². The molecule has 1 aliphatic heterocycles. The van der Waals surface area contributed by atoms with Gasteiger partial charge in [-0.25, -0.2) is 0 Å². The van der Waals surface area contributed by atoms with Crippen LogP contribution in [0.15, 0.2) is 48.5 Å². The van der Waals surface area contributed by atoms with Gasteiger partial charge in [0.05, 0.1) is 26.4 Å². The third-order valence-electron chi connectivity index (χ3n) is 7.29. The number of fused-ring (bicyclic) bond motifs is 1. The monoisotopic (exact) mass is 591 g/mol. The molecule has 4 N–H and O–H groups in total. The van der Waals surface area contributed by atoms with Gasteiger partial charge in [0.15, 0.2) is 11.5 Å². The number of carbonyl (C=O) groups is 1. The standard InChI is InChI=1S/C31H41N7O5/c39-28(24-10-5-2-6-11-24)32-14-16-40-18-19-41-17-15-33-29-36-30(34-20-23-8-3-1-4-9-23)38-31(37-29)35-21-25-12-7-13-26-27(25)43-22-42-26/h2,5-7,10-13,23H,1,3-4,8-9,14-22H2,(H,32,39)(H3,33,34,35,36,37,38). The van der Waals surface area contributed by atoms with E-state index in [-0.39, 0.29) is 12.7 Å². The minimum Gasteiger partial charge on any atom is -0.454 e. The minimum absolute atomic E-state index is 0.109. The van der Waals surface area contributed by atoms with Crippen LogP contribution in [0.3, 0.4) is 0 Å². The summed E-state index contributed by atoms with van der Waals surface area (Å²) in [6.45, 7) is 4.28. The van der Waals surface area contributed by atoms with E-state index in [9.17, 15) is 4.79 Å². The van der Waals surface area contributed by atoms with E-state index in [1.54, 1.807) is 12.1 Å². The number of ether oxygens (including phenoxy) is 4. The Morgan fingerprint density at radius 3 is 2.28 bits per heavy atom. The number of benzene rings is 2. The van der Waals surface area contributed by atoms with Crippen LogP contribution in [0, 0.1) is 5.92 Å². The largest absolute Gasteiger partial charge is 0.454 e. The molecule has 1 aromatic heterocycles. The second-order valence-electron chi connectivity index (χ2n) is 10.5. The number of anilines is 3. The molecule has 0 bridgehead atoms. The maximum Gasteiger partial charge on any atom is 0.251 e. The minimum atomic E-state index is -0.109. The van der Waals surface area contributed by atoms with Crippen molar-refractivity contribution in [3.63, 3.8) is 0 Å². The van der Waals surface area contributed by atoms with Gasteiger partial charge in [-0.3, -0.25) is 4.79 Å². The van der Waals surface area contributed by atoms with Gasteiger partial charge < -0.3 is 40.2 Å². The maximum atomic E-state index is 12.0. The molecule has 43 heavy (non-hydrogen) atoms. The van der Waals surface area contributed by atoms with E-state index < -0.39 is 0 Å². The van der Waals surface area contributed by atoms with Gasteiger partial charge in [0.2, 0.25) is 24.6 Å². The fourth-order valence-corrected chi connectivity index (χ4v) is 5.03. The lowest BCUT2D eigenvalue weighted by Crippen LogP contribution is -2.27. The van der Waals surface area contributed by atoms with E-state index >= 15 is 0 Å². The van der Waals surface area contributed by atoms with E-state index in [1.165, 1.54) is 32.1 Å². The van der Waals surface area contributed by atoms with Crippen molar-refractivity contribution in [2.24, 2.45) is 5.92 Å². The molecule has 1 fully saturated rings. The summed E-state index contributed by atoms with van der Waals surface area (Å²) in [5.41, 5.74) is 1.60. The zero-order valence-corrected chi connectivity index (χ0v) is 24.5. The van der Waals surface area contributed by atoms with Crippen LogP contribution in [0.4, 0.5) is 17.8 Å². The van der Waals surface area contributed by atoms with Gasteiger partial charge in [-0.05, 0) is 37.0 Å². The number of rotatable bonds is 17. The van der Waals surface area contributed by atoms with Crippen molar-refractivity contribution < 1.29 is 23.7 Å². The average molecular weight is 592 g/mol. The second-order valence-corrected chi connectivity index (χ2v) is 10.5. The van der Waals surface area contributed by atoms with Gasteiger partial charge in [-0.1, -0.05) is 49.6 Å². The molecule has 1 saturated carbocycles. The third kappa shape index (κ3) is 9.69. The molecule has 3 aromatic rings. The Morgan fingerprint density at radius 2 is 1.49 bits per heavy atom. The summed E-state index contributed by atoms with van der Waals surface area (Å²) in [6.07, 6.45) is 6.36. The third-order valence-corrected chi connectivity index (χ3v) is 7.29. The Morgan fingerprint density at radius 1 is 0.767 bits per heavy atom. The van der Waals surface area contributed by atoms with Crippen molar-refractivity contribution in [2.45, 2.75) is 38.6 Å². The summed E-state index contributed by atoms with van der Waals surface area (Å²) in [7, 11) is 0. The van der Waals surface area contributed by atoms with Gasteiger partial charge in [0.1, 0.15) is 0 Å². The van der Waals surface area contributed by atoms with Gasteiger partial charge in [0.25, 0.3) is 5.91 Å². The highest BCUT2D eigenvalue weighted by atomic mass is 16.7. The van der Waals surface area contributed by atoms with Crippen molar-refractivity contribution >= 4 is 23.8 Å². The SMILES string of the molecule is O=C(NCCOCCOCCNc1nc(NCc2cccc3c2OCO3)nc(NCC2CCCCC2)n1)c1ccccc1. The lowest BCUT2D eigenvalue weighted by molar-refractivity contribution is 0.0519. The molecule has 0 spiro atoms. The van der Waals surface area contributed by atoms with Crippen molar-refractivity contribution in [1.82, 2.24) is 20.3 Å². The first-order valence-corrected chi connectivity index (χ1v) is 15.1. The fraction of sp³-hybridized carbons (Fsp3) is 0.484. The van der Waals surface area contributed by atoms with Crippen LogP contribution in [0.5, 0.6) is 11.5 Å². The van der Waals surface area contributed by atoms with Gasteiger partial charge in [-0.15, -0.1) is 0 Å². The number of nitrogens with one attached hydrogen (secondary N) is 4. The molecule has 12 heteroatoms. The molecule has 2 aromatic carbocycles. The van der Waals surface area contributed by atoms with Gasteiger partial charge in [0, 0.05) is 37.3 Å². The smallest absolute Gasteiger partial charge is 0.251 e. The molecule has 1 aliphatic carbocycles. The lowest BCUT2D eigenvalue weighted by Gasteiger charge is -2.21. The number of carbonyl (C=O) groups excluding carboxylic acids is 1. The zero-order valence-electron chi connectivity index (χ0n) is 24.5. The Kier molecular flexibility index (Phi) is 11.6. The Bertz CT molecular complexity index is 1290. The fourth-order valence-electron chi connectivity index (χ4n) is 5.03. The zero-order chi connectivity index (χ0) is 29.5. The van der Waals surface area contributed by atoms with Crippen LogP contribution in [-0.4, -0.2) is 73.7 Å². The summed E-state index contributed by atoms with van der Waals surface area (Å²) >= 11 is 0. The molecule has 12 nitrogen and oxygen atoms in total. The predicted molar refractivity (Wildman–Crippen MR) is 164 cm³/mol. The van der Waals surface area contributed by atoms with Crippen LogP contribution in [0.25, 0.3) is 0 Å². The van der Waals surface area contributed by atoms with Crippen LogP contribution in [0.2, 0.25) is 0 Å². The Balaban J connectivity index is 1.04. The van der Waals surface area contributed by atoms with E-state index in [0.29, 0.717) is 75.4 Å². The first-order chi connectivity index (χ1) is 21.2. The average Bonchev–Trinajstić information content (AvgIpc) is 3.54. The predicted octanol–water partition coefficient (Wildman–Crippen LogP) is 4.08. The first kappa shape index (κ1) is 30.3. The van der Waals surface area contributed by atoms with Crippen molar-refractivity contribution in [3.8, 4) is 11.5 Å². The van der Waals surface area contributed by atoms with Crippen LogP contribution in [0.1, 0.15) is 48.0 Å². The molecule has 5 rings (SSSR count). The number of para-hydroxylation sites is 1. The van der Waals surface area contributed by atoms with Gasteiger partial charge in [-0.2, -0.15) is 15.0 Å². The summed E-state index contributed by atoms with van der Waals surface area (Å²) in [6, 6.07) is 14.9. The van der Waals surface area contributed by atoms with Crippen LogP contribution >= 0.6 is 0 Å². The highest BCUT2D eigenvalue weighted by Crippen LogP contribution is 2.35. The molecular weight excluding hydrogens is 550 g/mol. The summed E-state index contributed by atoms with van der Waals surface area (Å²) in [5, 5.41) is 12.8. The molecule has 1 amide bonds. The summed E-state index contributed by atoms with van der Waals surface area (Å²) < 4.78 is 22.4. The molecule has 0 unspecified atom stereocenters. The molecule has 2 heterocycles. The van der Waals surface area contributed by atoms with Crippen molar-refractivity contribution in [1.29, 1.82) is 0 Å². The molecular formula is C31H41N7O5. The Hall–Kier alpha value is -4.16. The van der Waals surface area contributed by atoms with Crippen LogP contribution in [-0.2, 0) is 16.0 Å². The first-order valence-electron chi connectivity index (χ1n) is 15.1. The van der Waals surface area contributed by atoms with Crippen molar-refractivity contribution in [3.05, 3.63) is 59.7 Å². The number of hydrogen-bond acceptors (Lipinski definition) is 11. The highest BCUT2D eigenvalue weighted by molar-refractivity contribution is 5.94. The summed E-state index contributed by atoms with van der Waals surface area (Å²) in [5.74, 6) is 3.49. The maximum absolute atomic E-state index is 12.0. The highest BCUT2D eigenvalue weighted by Gasteiger charge is 2.18. The van der Waals surface area contributed by atoms with Gasteiger partial charge >= 0.3 is 0 Å². The number of aromatic nitrogens is 3. The Labute approximate surface area is 252 Å². The quantitative estimate of drug-likeness (QED) is 0.169. The van der Waals surface area contributed by atoms with E-state index in [4.69, 9.17) is 18.9 Å². The molecule has 0 saturated heterocycles. The topological polar surface area (TPSA) is 141 Å². The van der Waals surface area contributed by atoms with E-state index in [2.05, 4.69) is 36.2 Å². The number of amides is 1. The second kappa shape index (κ2) is 16.5.